The van der Waals surface area contributed by atoms with E-state index in [1.165, 1.54) is 25.9 Å². The fourth-order valence-corrected chi connectivity index (χ4v) is 1.66. The van der Waals surface area contributed by atoms with Gasteiger partial charge in [0.2, 0.25) is 0 Å². The Morgan fingerprint density at radius 1 is 1.50 bits per heavy atom. The topological polar surface area (TPSA) is 42.9 Å². The Hall–Kier alpha value is -0.570. The number of nitrogens with two attached hydrogens (primary N) is 1. The second-order valence-corrected chi connectivity index (χ2v) is 3.32. The number of esters is 1. The first-order valence-electron chi connectivity index (χ1n) is 4.80. The van der Waals surface area contributed by atoms with Crippen LogP contribution in [0.2, 0.25) is 0 Å². The Balaban J connectivity index is 2.15. The fourth-order valence-electron chi connectivity index (χ4n) is 1.66. The van der Waals surface area contributed by atoms with Gasteiger partial charge in [-0.05, 0) is 12.8 Å². The molecule has 3 heteroatoms. The molecule has 0 bridgehead atoms. The Morgan fingerprint density at radius 2 is 2.17 bits per heavy atom. The average molecular weight is 172 g/mol. The van der Waals surface area contributed by atoms with E-state index >= 15 is 0 Å². The lowest BCUT2D eigenvalue weighted by Gasteiger charge is -2.18. The molecule has 0 saturated carbocycles. The van der Waals surface area contributed by atoms with Crippen molar-refractivity contribution >= 4 is 5.97 Å². The maximum Gasteiger partial charge on any atom is 0.306 e. The van der Waals surface area contributed by atoms with Crippen LogP contribution in [0.3, 0.4) is 0 Å². The Morgan fingerprint density at radius 3 is 2.75 bits per heavy atom. The first-order chi connectivity index (χ1) is 5.83. The van der Waals surface area contributed by atoms with E-state index in [0.717, 1.165) is 0 Å². The third-order valence-corrected chi connectivity index (χ3v) is 2.32. The van der Waals surface area contributed by atoms with Gasteiger partial charge in [0.15, 0.2) is 0 Å². The summed E-state index contributed by atoms with van der Waals surface area (Å²) < 4.78 is 4.90. The van der Waals surface area contributed by atoms with E-state index in [9.17, 15) is 4.79 Å². The molecule has 2 N–H and O–H groups in total. The van der Waals surface area contributed by atoms with Crippen LogP contribution in [0.1, 0.15) is 26.2 Å². The van der Waals surface area contributed by atoms with Crippen molar-refractivity contribution < 1.29 is 14.8 Å². The van der Waals surface area contributed by atoms with Gasteiger partial charge in [0, 0.05) is 19.3 Å². The van der Waals surface area contributed by atoms with Crippen molar-refractivity contribution in [2.24, 2.45) is 5.92 Å². The number of carbonyl (C=O) groups is 1. The zero-order valence-electron chi connectivity index (χ0n) is 7.71. The predicted molar refractivity (Wildman–Crippen MR) is 45.6 cm³/mol. The zero-order chi connectivity index (χ0) is 8.81. The summed E-state index contributed by atoms with van der Waals surface area (Å²) in [6.07, 6.45) is 2.96. The largest absolute Gasteiger partial charge is 0.466 e. The van der Waals surface area contributed by atoms with Crippen LogP contribution in [0, 0.1) is 5.92 Å². The number of ether oxygens (including phenoxy) is 1. The molecule has 12 heavy (non-hydrogen) atoms. The number of hydrogen-bond acceptors (Lipinski definition) is 2. The maximum atomic E-state index is 11.1. The molecule has 1 saturated heterocycles. The summed E-state index contributed by atoms with van der Waals surface area (Å²) >= 11 is 0. The van der Waals surface area contributed by atoms with Crippen LogP contribution in [0.15, 0.2) is 0 Å². The van der Waals surface area contributed by atoms with Gasteiger partial charge in [0.1, 0.15) is 0 Å². The van der Waals surface area contributed by atoms with Gasteiger partial charge in [-0.15, -0.1) is 0 Å². The lowest BCUT2D eigenvalue weighted by Crippen LogP contribution is -2.86. The molecule has 0 amide bonds. The van der Waals surface area contributed by atoms with Crippen molar-refractivity contribution in [3.8, 4) is 0 Å². The highest BCUT2D eigenvalue weighted by molar-refractivity contribution is 5.69. The molecule has 1 rings (SSSR count). The number of quaternary nitrogens is 1. The molecule has 1 aliphatic rings. The lowest BCUT2D eigenvalue weighted by atomic mass is 9.95. The SMILES string of the molecule is CCOC(=O)CC1CC[NH2+]CC1. The van der Waals surface area contributed by atoms with Gasteiger partial charge in [-0.1, -0.05) is 0 Å². The molecule has 0 aliphatic carbocycles. The molecule has 0 aromatic heterocycles. The van der Waals surface area contributed by atoms with Crippen LogP contribution in [-0.4, -0.2) is 25.7 Å². The van der Waals surface area contributed by atoms with E-state index in [4.69, 9.17) is 4.74 Å². The molecule has 0 aromatic carbocycles. The summed E-state index contributed by atoms with van der Waals surface area (Å²) in [4.78, 5) is 11.1. The van der Waals surface area contributed by atoms with E-state index in [1.807, 2.05) is 6.92 Å². The highest BCUT2D eigenvalue weighted by Gasteiger charge is 2.18. The van der Waals surface area contributed by atoms with Gasteiger partial charge in [-0.2, -0.15) is 0 Å². The van der Waals surface area contributed by atoms with Gasteiger partial charge < -0.3 is 10.1 Å². The van der Waals surface area contributed by atoms with Crippen LogP contribution in [-0.2, 0) is 9.53 Å². The summed E-state index contributed by atoms with van der Waals surface area (Å²) in [5.74, 6) is 0.554. The van der Waals surface area contributed by atoms with Gasteiger partial charge >= 0.3 is 5.97 Å². The van der Waals surface area contributed by atoms with Crippen molar-refractivity contribution in [3.05, 3.63) is 0 Å². The number of piperidine rings is 1. The predicted octanol–water partition coefficient (Wildman–Crippen LogP) is -0.0870. The number of carbonyl (C=O) groups excluding carboxylic acids is 1. The van der Waals surface area contributed by atoms with Gasteiger partial charge in [0.05, 0.1) is 19.7 Å². The summed E-state index contributed by atoms with van der Waals surface area (Å²) in [6, 6.07) is 0. The van der Waals surface area contributed by atoms with Crippen LogP contribution in [0.4, 0.5) is 0 Å². The summed E-state index contributed by atoms with van der Waals surface area (Å²) in [5, 5.41) is 2.31. The molecule has 0 aromatic rings. The summed E-state index contributed by atoms with van der Waals surface area (Å²) in [5.41, 5.74) is 0. The standard InChI is InChI=1S/C9H17NO2/c1-2-12-9(11)7-8-3-5-10-6-4-8/h8,10H,2-7H2,1H3/p+1. The van der Waals surface area contributed by atoms with Gasteiger partial charge in [0.25, 0.3) is 0 Å². The Labute approximate surface area is 73.5 Å². The molecule has 70 valence electrons. The molecule has 1 heterocycles. The zero-order valence-corrected chi connectivity index (χ0v) is 7.71. The quantitative estimate of drug-likeness (QED) is 0.605. The van der Waals surface area contributed by atoms with Crippen molar-refractivity contribution in [2.45, 2.75) is 26.2 Å². The van der Waals surface area contributed by atoms with E-state index in [-0.39, 0.29) is 5.97 Å². The molecule has 0 radical (unpaired) electrons. The molecular formula is C9H18NO2+. The second-order valence-electron chi connectivity index (χ2n) is 3.32. The van der Waals surface area contributed by atoms with Crippen molar-refractivity contribution in [3.63, 3.8) is 0 Å². The molecule has 0 unspecified atom stereocenters. The van der Waals surface area contributed by atoms with Crippen molar-refractivity contribution in [2.75, 3.05) is 19.7 Å². The molecular weight excluding hydrogens is 154 g/mol. The van der Waals surface area contributed by atoms with Crippen LogP contribution >= 0.6 is 0 Å². The Bertz CT molecular complexity index is 141. The molecule has 1 aliphatic heterocycles. The minimum Gasteiger partial charge on any atom is -0.466 e. The van der Waals surface area contributed by atoms with Crippen LogP contribution in [0.25, 0.3) is 0 Å². The van der Waals surface area contributed by atoms with E-state index in [2.05, 4.69) is 5.32 Å². The third kappa shape index (κ3) is 3.22. The Kier molecular flexibility index (Phi) is 4.08. The maximum absolute atomic E-state index is 11.1. The number of rotatable bonds is 3. The van der Waals surface area contributed by atoms with Crippen LogP contribution < -0.4 is 5.32 Å². The first kappa shape index (κ1) is 9.52. The summed E-state index contributed by atoms with van der Waals surface area (Å²) in [7, 11) is 0. The van der Waals surface area contributed by atoms with Crippen LogP contribution in [0.5, 0.6) is 0 Å². The monoisotopic (exact) mass is 172 g/mol. The highest BCUT2D eigenvalue weighted by Crippen LogP contribution is 2.13. The van der Waals surface area contributed by atoms with E-state index in [1.54, 1.807) is 0 Å². The normalized spacial score (nSPS) is 19.1. The fraction of sp³-hybridized carbons (Fsp3) is 0.889. The first-order valence-corrected chi connectivity index (χ1v) is 4.80. The average Bonchev–Trinajstić information content (AvgIpc) is 2.06. The molecule has 1 fully saturated rings. The minimum absolute atomic E-state index is 0.0237. The van der Waals surface area contributed by atoms with Crippen molar-refractivity contribution in [1.82, 2.24) is 0 Å². The van der Waals surface area contributed by atoms with Gasteiger partial charge in [-0.3, -0.25) is 4.79 Å². The minimum atomic E-state index is -0.0237. The highest BCUT2D eigenvalue weighted by atomic mass is 16.5. The molecule has 0 atom stereocenters. The van der Waals surface area contributed by atoms with Crippen molar-refractivity contribution in [1.29, 1.82) is 0 Å². The molecule has 3 nitrogen and oxygen atoms in total. The van der Waals surface area contributed by atoms with Gasteiger partial charge in [-0.25, -0.2) is 0 Å². The smallest absolute Gasteiger partial charge is 0.306 e. The third-order valence-electron chi connectivity index (χ3n) is 2.32. The number of hydrogen-bond donors (Lipinski definition) is 1. The lowest BCUT2D eigenvalue weighted by molar-refractivity contribution is -0.664. The van der Waals surface area contributed by atoms with E-state index < -0.39 is 0 Å². The molecule has 0 spiro atoms. The summed E-state index contributed by atoms with van der Waals surface area (Å²) in [6.45, 7) is 4.71. The second kappa shape index (κ2) is 5.14. The van der Waals surface area contributed by atoms with E-state index in [0.29, 0.717) is 18.9 Å².